The Morgan fingerprint density at radius 3 is 2.82 bits per heavy atom. The van der Waals surface area contributed by atoms with Gasteiger partial charge in [0.2, 0.25) is 5.91 Å². The normalized spacial score (nSPS) is 18.7. The van der Waals surface area contributed by atoms with Crippen molar-refractivity contribution in [3.63, 3.8) is 0 Å². The molecule has 1 amide bonds. The van der Waals surface area contributed by atoms with Crippen LogP contribution in [0, 0.1) is 0 Å². The summed E-state index contributed by atoms with van der Waals surface area (Å²) in [5.41, 5.74) is 1.13. The van der Waals surface area contributed by atoms with Crippen molar-refractivity contribution in [2.24, 2.45) is 0 Å². The van der Waals surface area contributed by atoms with Crippen LogP contribution >= 0.6 is 23.4 Å². The van der Waals surface area contributed by atoms with Gasteiger partial charge in [-0.15, -0.1) is 0 Å². The van der Waals surface area contributed by atoms with E-state index in [1.54, 1.807) is 11.8 Å². The Kier molecular flexibility index (Phi) is 7.02. The summed E-state index contributed by atoms with van der Waals surface area (Å²) in [7, 11) is 0. The van der Waals surface area contributed by atoms with Crippen LogP contribution in [0.3, 0.4) is 0 Å². The first-order valence-electron chi connectivity index (χ1n) is 7.49. The van der Waals surface area contributed by atoms with E-state index < -0.39 is 0 Å². The van der Waals surface area contributed by atoms with Gasteiger partial charge in [-0.25, -0.2) is 0 Å². The number of ether oxygens (including phenoxy) is 1. The SMILES string of the molecule is CS[C@H](C)C(=O)NC[C@@H](c1cccc(Cl)c1)N1CCOCC1. The summed E-state index contributed by atoms with van der Waals surface area (Å²) < 4.78 is 5.43. The average molecular weight is 343 g/mol. The first-order valence-corrected chi connectivity index (χ1v) is 9.16. The van der Waals surface area contributed by atoms with Gasteiger partial charge in [-0.3, -0.25) is 9.69 Å². The van der Waals surface area contributed by atoms with E-state index in [1.165, 1.54) is 0 Å². The van der Waals surface area contributed by atoms with Crippen LogP contribution in [0.1, 0.15) is 18.5 Å². The van der Waals surface area contributed by atoms with Gasteiger partial charge in [0.1, 0.15) is 0 Å². The molecule has 1 saturated heterocycles. The van der Waals surface area contributed by atoms with Crippen LogP contribution in [0.5, 0.6) is 0 Å². The number of rotatable bonds is 6. The zero-order valence-corrected chi connectivity index (χ0v) is 14.6. The van der Waals surface area contributed by atoms with Gasteiger partial charge in [-0.05, 0) is 30.9 Å². The quantitative estimate of drug-likeness (QED) is 0.862. The molecule has 0 spiro atoms. The van der Waals surface area contributed by atoms with Crippen molar-refractivity contribution in [2.75, 3.05) is 39.1 Å². The number of hydrogen-bond acceptors (Lipinski definition) is 4. The summed E-state index contributed by atoms with van der Waals surface area (Å²) in [6.07, 6.45) is 1.95. The Bertz CT molecular complexity index is 495. The number of morpholine rings is 1. The lowest BCUT2D eigenvalue weighted by atomic mass is 10.0. The van der Waals surface area contributed by atoms with E-state index >= 15 is 0 Å². The highest BCUT2D eigenvalue weighted by Crippen LogP contribution is 2.24. The van der Waals surface area contributed by atoms with Crippen LogP contribution in [0.2, 0.25) is 5.02 Å². The number of thioether (sulfide) groups is 1. The molecule has 1 aliphatic rings. The van der Waals surface area contributed by atoms with Gasteiger partial charge in [0, 0.05) is 24.7 Å². The Hall–Kier alpha value is -0.750. The maximum atomic E-state index is 12.1. The van der Waals surface area contributed by atoms with Crippen molar-refractivity contribution in [1.29, 1.82) is 0 Å². The number of nitrogens with one attached hydrogen (secondary N) is 1. The van der Waals surface area contributed by atoms with Crippen LogP contribution in [0.15, 0.2) is 24.3 Å². The molecule has 1 heterocycles. The van der Waals surface area contributed by atoms with Gasteiger partial charge in [0.15, 0.2) is 0 Å². The van der Waals surface area contributed by atoms with Crippen molar-refractivity contribution in [2.45, 2.75) is 18.2 Å². The van der Waals surface area contributed by atoms with Gasteiger partial charge in [0.25, 0.3) is 0 Å². The van der Waals surface area contributed by atoms with E-state index in [2.05, 4.69) is 16.3 Å². The smallest absolute Gasteiger partial charge is 0.232 e. The fraction of sp³-hybridized carbons (Fsp3) is 0.562. The molecule has 22 heavy (non-hydrogen) atoms. The van der Waals surface area contributed by atoms with Crippen molar-refractivity contribution in [3.05, 3.63) is 34.9 Å². The first kappa shape index (κ1) is 17.6. The predicted molar refractivity (Wildman–Crippen MR) is 92.6 cm³/mol. The number of carbonyl (C=O) groups is 1. The molecule has 4 nitrogen and oxygen atoms in total. The van der Waals surface area contributed by atoms with Crippen LogP contribution in [-0.2, 0) is 9.53 Å². The summed E-state index contributed by atoms with van der Waals surface area (Å²) >= 11 is 7.68. The van der Waals surface area contributed by atoms with Crippen LogP contribution in [0.4, 0.5) is 0 Å². The number of carbonyl (C=O) groups excluding carboxylic acids is 1. The summed E-state index contributed by atoms with van der Waals surface area (Å²) in [4.78, 5) is 14.4. The highest BCUT2D eigenvalue weighted by Gasteiger charge is 2.24. The van der Waals surface area contributed by atoms with Crippen LogP contribution in [0.25, 0.3) is 0 Å². The lowest BCUT2D eigenvalue weighted by molar-refractivity contribution is -0.120. The summed E-state index contributed by atoms with van der Waals surface area (Å²) in [5.74, 6) is 0.0767. The maximum absolute atomic E-state index is 12.1. The van der Waals surface area contributed by atoms with Crippen molar-refractivity contribution in [3.8, 4) is 0 Å². The molecule has 0 saturated carbocycles. The minimum atomic E-state index is -0.0373. The molecule has 1 aromatic carbocycles. The van der Waals surface area contributed by atoms with Crippen molar-refractivity contribution < 1.29 is 9.53 Å². The third kappa shape index (κ3) is 4.88. The summed E-state index contributed by atoms with van der Waals surface area (Å²) in [6.45, 7) is 5.70. The second-order valence-corrected chi connectivity index (χ2v) is 6.96. The Balaban J connectivity index is 2.09. The third-order valence-electron chi connectivity index (χ3n) is 3.91. The van der Waals surface area contributed by atoms with E-state index in [4.69, 9.17) is 16.3 Å². The topological polar surface area (TPSA) is 41.6 Å². The lowest BCUT2D eigenvalue weighted by Gasteiger charge is -2.35. The van der Waals surface area contributed by atoms with Gasteiger partial charge in [-0.2, -0.15) is 11.8 Å². The van der Waals surface area contributed by atoms with Gasteiger partial charge < -0.3 is 10.1 Å². The zero-order valence-electron chi connectivity index (χ0n) is 13.0. The maximum Gasteiger partial charge on any atom is 0.232 e. The van der Waals surface area contributed by atoms with Gasteiger partial charge >= 0.3 is 0 Å². The Morgan fingerprint density at radius 1 is 1.45 bits per heavy atom. The molecule has 0 aliphatic carbocycles. The van der Waals surface area contributed by atoms with E-state index in [9.17, 15) is 4.79 Å². The van der Waals surface area contributed by atoms with Gasteiger partial charge in [-0.1, -0.05) is 23.7 Å². The molecule has 1 fully saturated rings. The predicted octanol–water partition coefficient (Wildman–Crippen LogP) is 2.58. The second kappa shape index (κ2) is 8.77. The standard InChI is InChI=1S/C16H23ClN2O2S/c1-12(22-2)16(20)18-11-15(19-6-8-21-9-7-19)13-4-3-5-14(17)10-13/h3-5,10,12,15H,6-9,11H2,1-2H3,(H,18,20)/t12-,15+/m1/s1. The van der Waals surface area contributed by atoms with E-state index in [0.717, 1.165) is 36.9 Å². The average Bonchev–Trinajstić information content (AvgIpc) is 2.55. The Labute approximate surface area is 141 Å². The number of amides is 1. The second-order valence-electron chi connectivity index (χ2n) is 5.34. The number of benzene rings is 1. The molecule has 122 valence electrons. The summed E-state index contributed by atoms with van der Waals surface area (Å²) in [6, 6.07) is 8.00. The number of halogens is 1. The highest BCUT2D eigenvalue weighted by atomic mass is 35.5. The largest absolute Gasteiger partial charge is 0.379 e. The molecule has 0 bridgehead atoms. The summed E-state index contributed by atoms with van der Waals surface area (Å²) in [5, 5.41) is 3.75. The van der Waals surface area contributed by atoms with Crippen LogP contribution < -0.4 is 5.32 Å². The Morgan fingerprint density at radius 2 is 2.18 bits per heavy atom. The fourth-order valence-corrected chi connectivity index (χ4v) is 3.00. The molecule has 0 radical (unpaired) electrons. The molecule has 0 aromatic heterocycles. The van der Waals surface area contributed by atoms with E-state index in [-0.39, 0.29) is 17.2 Å². The monoisotopic (exact) mass is 342 g/mol. The van der Waals surface area contributed by atoms with Crippen molar-refractivity contribution >= 4 is 29.3 Å². The van der Waals surface area contributed by atoms with Crippen LogP contribution in [-0.4, -0.2) is 55.2 Å². The molecule has 6 heteroatoms. The number of nitrogens with zero attached hydrogens (tertiary/aromatic N) is 1. The lowest BCUT2D eigenvalue weighted by Crippen LogP contribution is -2.44. The van der Waals surface area contributed by atoms with Crippen molar-refractivity contribution in [1.82, 2.24) is 10.2 Å². The fourth-order valence-electron chi connectivity index (χ4n) is 2.51. The molecule has 1 N–H and O–H groups in total. The highest BCUT2D eigenvalue weighted by molar-refractivity contribution is 7.99. The molecular formula is C16H23ClN2O2S. The minimum absolute atomic E-state index is 0.0373. The first-order chi connectivity index (χ1) is 10.6. The minimum Gasteiger partial charge on any atom is -0.379 e. The molecule has 1 aromatic rings. The van der Waals surface area contributed by atoms with Gasteiger partial charge in [0.05, 0.1) is 24.5 Å². The van der Waals surface area contributed by atoms with E-state index in [0.29, 0.717) is 6.54 Å². The van der Waals surface area contributed by atoms with E-state index in [1.807, 2.05) is 31.4 Å². The molecular weight excluding hydrogens is 320 g/mol. The number of hydrogen-bond donors (Lipinski definition) is 1. The zero-order chi connectivity index (χ0) is 15.9. The molecule has 1 aliphatic heterocycles. The molecule has 2 atom stereocenters. The molecule has 0 unspecified atom stereocenters. The molecule has 2 rings (SSSR count). The third-order valence-corrected chi connectivity index (χ3v) is 5.07.